The molecule has 2 aromatic rings. The van der Waals surface area contributed by atoms with Gasteiger partial charge in [-0.3, -0.25) is 0 Å². The molecule has 80 valence electrons. The lowest BCUT2D eigenvalue weighted by molar-refractivity contribution is 1.23. The van der Waals surface area contributed by atoms with E-state index in [1.165, 1.54) is 0 Å². The monoisotopic (exact) mass is 243 g/mol. The van der Waals surface area contributed by atoms with Crippen LogP contribution in [0.3, 0.4) is 0 Å². The van der Waals surface area contributed by atoms with Gasteiger partial charge in [0.25, 0.3) is 0 Å². The lowest BCUT2D eigenvalue weighted by Gasteiger charge is -2.05. The van der Waals surface area contributed by atoms with Crippen molar-refractivity contribution in [2.75, 3.05) is 5.43 Å². The van der Waals surface area contributed by atoms with Crippen LogP contribution in [0.15, 0.2) is 24.3 Å². The van der Waals surface area contributed by atoms with Gasteiger partial charge in [0.05, 0.1) is 5.52 Å². The Kier molecular flexibility index (Phi) is 3.74. The molecule has 5 heteroatoms. The summed E-state index contributed by atoms with van der Waals surface area (Å²) in [5, 5.41) is 1.74. The molecule has 2 rings (SSSR count). The van der Waals surface area contributed by atoms with Crippen molar-refractivity contribution in [3.8, 4) is 0 Å². The van der Waals surface area contributed by atoms with Crippen molar-refractivity contribution in [2.24, 2.45) is 5.84 Å². The maximum atomic E-state index is 5.86. The molecule has 3 nitrogen and oxygen atoms in total. The summed E-state index contributed by atoms with van der Waals surface area (Å²) in [6.07, 6.45) is 0. The lowest BCUT2D eigenvalue weighted by atomic mass is 10.1. The molecular formula is C10H11Cl2N3. The fourth-order valence-electron chi connectivity index (χ4n) is 1.39. The summed E-state index contributed by atoms with van der Waals surface area (Å²) >= 11 is 5.86. The number of pyridine rings is 1. The van der Waals surface area contributed by atoms with Crippen molar-refractivity contribution in [1.29, 1.82) is 0 Å². The average Bonchev–Trinajstić information content (AvgIpc) is 2.17. The van der Waals surface area contributed by atoms with Gasteiger partial charge in [-0.15, -0.1) is 12.4 Å². The molecule has 0 aliphatic rings. The number of nitrogens with two attached hydrogens (primary N) is 1. The number of hydrazine groups is 1. The summed E-state index contributed by atoms with van der Waals surface area (Å²) in [5.41, 5.74) is 4.41. The normalized spacial score (nSPS) is 9.80. The van der Waals surface area contributed by atoms with E-state index in [2.05, 4.69) is 10.4 Å². The zero-order valence-electron chi connectivity index (χ0n) is 8.12. The van der Waals surface area contributed by atoms with E-state index in [1.54, 1.807) is 0 Å². The van der Waals surface area contributed by atoms with Crippen LogP contribution in [0.4, 0.5) is 5.82 Å². The summed E-state index contributed by atoms with van der Waals surface area (Å²) < 4.78 is 0. The number of anilines is 1. The first-order valence-electron chi connectivity index (χ1n) is 4.24. The van der Waals surface area contributed by atoms with Crippen LogP contribution in [0.2, 0.25) is 5.02 Å². The number of halogens is 2. The van der Waals surface area contributed by atoms with E-state index in [0.717, 1.165) is 16.5 Å². The number of nitrogens with zero attached hydrogens (tertiary/aromatic N) is 1. The number of hydrogen-bond acceptors (Lipinski definition) is 3. The van der Waals surface area contributed by atoms with Crippen LogP contribution < -0.4 is 11.3 Å². The summed E-state index contributed by atoms with van der Waals surface area (Å²) in [5.74, 6) is 6.01. The van der Waals surface area contributed by atoms with Gasteiger partial charge >= 0.3 is 0 Å². The minimum atomic E-state index is 0. The molecular weight excluding hydrogens is 233 g/mol. The number of aromatic nitrogens is 1. The first kappa shape index (κ1) is 12.0. The van der Waals surface area contributed by atoms with E-state index in [0.29, 0.717) is 10.8 Å². The smallest absolute Gasteiger partial charge is 0.143 e. The van der Waals surface area contributed by atoms with Gasteiger partial charge in [0.1, 0.15) is 5.82 Å². The molecule has 0 amide bonds. The molecule has 1 heterocycles. The van der Waals surface area contributed by atoms with E-state index in [9.17, 15) is 0 Å². The Labute approximate surface area is 99.0 Å². The third-order valence-electron chi connectivity index (χ3n) is 2.11. The number of rotatable bonds is 1. The molecule has 0 spiro atoms. The molecule has 1 aromatic carbocycles. The maximum Gasteiger partial charge on any atom is 0.143 e. The van der Waals surface area contributed by atoms with Gasteiger partial charge in [-0.25, -0.2) is 10.8 Å². The molecule has 15 heavy (non-hydrogen) atoms. The van der Waals surface area contributed by atoms with Gasteiger partial charge in [-0.1, -0.05) is 17.7 Å². The number of nitrogens with one attached hydrogen (secondary N) is 1. The van der Waals surface area contributed by atoms with E-state index >= 15 is 0 Å². The topological polar surface area (TPSA) is 50.9 Å². The molecule has 0 aliphatic heterocycles. The number of benzene rings is 1. The van der Waals surface area contributed by atoms with Crippen LogP contribution in [0.1, 0.15) is 5.56 Å². The van der Waals surface area contributed by atoms with E-state index in [-0.39, 0.29) is 12.4 Å². The fourth-order valence-corrected chi connectivity index (χ4v) is 1.56. The first-order chi connectivity index (χ1) is 6.70. The largest absolute Gasteiger partial charge is 0.308 e. The van der Waals surface area contributed by atoms with Crippen LogP contribution in [0.5, 0.6) is 0 Å². The second-order valence-corrected chi connectivity index (χ2v) is 3.57. The number of aryl methyl sites for hydroxylation is 1. The van der Waals surface area contributed by atoms with Crippen molar-refractivity contribution in [3.63, 3.8) is 0 Å². The van der Waals surface area contributed by atoms with Crippen LogP contribution in [0, 0.1) is 6.92 Å². The summed E-state index contributed by atoms with van der Waals surface area (Å²) in [6, 6.07) is 7.63. The van der Waals surface area contributed by atoms with Crippen molar-refractivity contribution < 1.29 is 0 Å². The Morgan fingerprint density at radius 2 is 2.07 bits per heavy atom. The standard InChI is InChI=1S/C10H10ClN3.ClH/c1-6-4-7-2-3-8(11)5-9(7)13-10(6)14-12;/h2-5H,12H2,1H3,(H,13,14);1H. The second-order valence-electron chi connectivity index (χ2n) is 3.14. The molecule has 0 saturated heterocycles. The van der Waals surface area contributed by atoms with Gasteiger partial charge in [-0.05, 0) is 30.7 Å². The van der Waals surface area contributed by atoms with E-state index < -0.39 is 0 Å². The third kappa shape index (κ3) is 2.31. The van der Waals surface area contributed by atoms with Gasteiger partial charge in [0, 0.05) is 10.4 Å². The Hall–Kier alpha value is -1.03. The highest BCUT2D eigenvalue weighted by atomic mass is 35.5. The highest BCUT2D eigenvalue weighted by molar-refractivity contribution is 6.31. The van der Waals surface area contributed by atoms with Crippen LogP contribution >= 0.6 is 24.0 Å². The minimum absolute atomic E-state index is 0. The molecule has 1 aromatic heterocycles. The predicted molar refractivity (Wildman–Crippen MR) is 66.5 cm³/mol. The highest BCUT2D eigenvalue weighted by Gasteiger charge is 2.01. The van der Waals surface area contributed by atoms with Crippen molar-refractivity contribution in [1.82, 2.24) is 4.98 Å². The quantitative estimate of drug-likeness (QED) is 0.599. The fraction of sp³-hybridized carbons (Fsp3) is 0.100. The molecule has 0 fully saturated rings. The summed E-state index contributed by atoms with van der Waals surface area (Å²) in [6.45, 7) is 1.95. The van der Waals surface area contributed by atoms with Crippen LogP contribution in [0.25, 0.3) is 10.9 Å². The van der Waals surface area contributed by atoms with E-state index in [4.69, 9.17) is 17.4 Å². The van der Waals surface area contributed by atoms with Crippen molar-refractivity contribution in [2.45, 2.75) is 6.92 Å². The van der Waals surface area contributed by atoms with Crippen molar-refractivity contribution >= 4 is 40.7 Å². The summed E-state index contributed by atoms with van der Waals surface area (Å²) in [7, 11) is 0. The highest BCUT2D eigenvalue weighted by Crippen LogP contribution is 2.21. The van der Waals surface area contributed by atoms with Gasteiger partial charge in [-0.2, -0.15) is 0 Å². The predicted octanol–water partition coefficient (Wildman–Crippen LogP) is 2.90. The lowest BCUT2D eigenvalue weighted by Crippen LogP contribution is -2.09. The van der Waals surface area contributed by atoms with Gasteiger partial charge in [0.15, 0.2) is 0 Å². The maximum absolute atomic E-state index is 5.86. The SMILES string of the molecule is Cc1cc2ccc(Cl)cc2nc1NN.Cl. The molecule has 0 radical (unpaired) electrons. The number of nitrogen functional groups attached to an aromatic ring is 1. The number of fused-ring (bicyclic) bond motifs is 1. The third-order valence-corrected chi connectivity index (χ3v) is 2.34. The summed E-state index contributed by atoms with van der Waals surface area (Å²) in [4.78, 5) is 4.33. The minimum Gasteiger partial charge on any atom is -0.308 e. The molecule has 0 atom stereocenters. The van der Waals surface area contributed by atoms with Crippen LogP contribution in [-0.2, 0) is 0 Å². The van der Waals surface area contributed by atoms with Crippen molar-refractivity contribution in [3.05, 3.63) is 34.9 Å². The average molecular weight is 244 g/mol. The Balaban J connectivity index is 0.00000112. The molecule has 0 aliphatic carbocycles. The second kappa shape index (κ2) is 4.66. The van der Waals surface area contributed by atoms with Gasteiger partial charge < -0.3 is 5.43 Å². The number of hydrogen-bond donors (Lipinski definition) is 2. The molecule has 0 bridgehead atoms. The first-order valence-corrected chi connectivity index (χ1v) is 4.62. The molecule has 3 N–H and O–H groups in total. The van der Waals surface area contributed by atoms with Gasteiger partial charge in [0.2, 0.25) is 0 Å². The van der Waals surface area contributed by atoms with E-state index in [1.807, 2.05) is 31.2 Å². The Morgan fingerprint density at radius 3 is 2.73 bits per heavy atom. The Bertz CT molecular complexity index is 485. The molecule has 0 saturated carbocycles. The van der Waals surface area contributed by atoms with Crippen LogP contribution in [-0.4, -0.2) is 4.98 Å². The zero-order chi connectivity index (χ0) is 10.1. The Morgan fingerprint density at radius 1 is 1.33 bits per heavy atom. The molecule has 0 unspecified atom stereocenters. The zero-order valence-corrected chi connectivity index (χ0v) is 9.69.